The summed E-state index contributed by atoms with van der Waals surface area (Å²) in [6.45, 7) is 2.13. The number of aryl methyl sites for hydroxylation is 1. The molecule has 1 aliphatic rings. The van der Waals surface area contributed by atoms with Gasteiger partial charge >= 0.3 is 0 Å². The second-order valence-corrected chi connectivity index (χ2v) is 4.16. The minimum absolute atomic E-state index is 0.328. The molecule has 0 aliphatic heterocycles. The highest BCUT2D eigenvalue weighted by molar-refractivity contribution is 5.51. The third kappa shape index (κ3) is 1.90. The molecule has 76 valence electrons. The number of para-hydroxylation sites is 1. The van der Waals surface area contributed by atoms with Crippen molar-refractivity contribution < 1.29 is 0 Å². The molecule has 0 bridgehead atoms. The fourth-order valence-corrected chi connectivity index (χ4v) is 2.10. The van der Waals surface area contributed by atoms with Gasteiger partial charge in [-0.1, -0.05) is 18.2 Å². The molecule has 1 aromatic carbocycles. The van der Waals surface area contributed by atoms with E-state index >= 15 is 0 Å². The number of benzene rings is 1. The third-order valence-electron chi connectivity index (χ3n) is 3.06. The summed E-state index contributed by atoms with van der Waals surface area (Å²) in [6.07, 6.45) is 3.61. The standard InChI is InChI=1S/C12H18N2/c1-9-5-2-3-7-11(9)14-12-8-4-6-10(12)13/h2-3,5,7,10,12,14H,4,6,8,13H2,1H3. The average Bonchev–Trinajstić information content (AvgIpc) is 2.56. The van der Waals surface area contributed by atoms with Gasteiger partial charge in [-0.15, -0.1) is 0 Å². The van der Waals surface area contributed by atoms with Gasteiger partial charge in [0.05, 0.1) is 0 Å². The number of rotatable bonds is 2. The highest BCUT2D eigenvalue weighted by Gasteiger charge is 2.23. The van der Waals surface area contributed by atoms with E-state index in [9.17, 15) is 0 Å². The molecular weight excluding hydrogens is 172 g/mol. The monoisotopic (exact) mass is 190 g/mol. The normalized spacial score (nSPS) is 26.4. The van der Waals surface area contributed by atoms with Crippen molar-refractivity contribution in [3.05, 3.63) is 29.8 Å². The maximum Gasteiger partial charge on any atom is 0.0412 e. The summed E-state index contributed by atoms with van der Waals surface area (Å²) in [7, 11) is 0. The van der Waals surface area contributed by atoms with Crippen LogP contribution < -0.4 is 11.1 Å². The van der Waals surface area contributed by atoms with Gasteiger partial charge in [0.2, 0.25) is 0 Å². The van der Waals surface area contributed by atoms with Gasteiger partial charge in [0.15, 0.2) is 0 Å². The van der Waals surface area contributed by atoms with Crippen LogP contribution in [0.4, 0.5) is 5.69 Å². The molecule has 2 rings (SSSR count). The van der Waals surface area contributed by atoms with Gasteiger partial charge in [-0.05, 0) is 37.8 Å². The molecule has 0 amide bonds. The van der Waals surface area contributed by atoms with Gasteiger partial charge in [0.25, 0.3) is 0 Å². The first-order chi connectivity index (χ1) is 6.77. The summed E-state index contributed by atoms with van der Waals surface area (Å²) in [4.78, 5) is 0. The van der Waals surface area contributed by atoms with Crippen LogP contribution in [-0.2, 0) is 0 Å². The van der Waals surface area contributed by atoms with E-state index in [-0.39, 0.29) is 0 Å². The molecule has 1 aliphatic carbocycles. The zero-order valence-corrected chi connectivity index (χ0v) is 8.66. The minimum atomic E-state index is 0.328. The second-order valence-electron chi connectivity index (χ2n) is 4.16. The molecule has 0 saturated heterocycles. The largest absolute Gasteiger partial charge is 0.381 e. The lowest BCUT2D eigenvalue weighted by molar-refractivity contribution is 0.637. The summed E-state index contributed by atoms with van der Waals surface area (Å²) in [5.41, 5.74) is 8.54. The first-order valence-electron chi connectivity index (χ1n) is 5.35. The van der Waals surface area contributed by atoms with Crippen LogP contribution in [0.5, 0.6) is 0 Å². The Kier molecular flexibility index (Phi) is 2.73. The van der Waals surface area contributed by atoms with Crippen LogP contribution in [0.25, 0.3) is 0 Å². The van der Waals surface area contributed by atoms with Crippen molar-refractivity contribution in [1.82, 2.24) is 0 Å². The molecule has 2 heteroatoms. The Morgan fingerprint density at radius 2 is 2.07 bits per heavy atom. The summed E-state index contributed by atoms with van der Waals surface area (Å²) < 4.78 is 0. The van der Waals surface area contributed by atoms with Crippen LogP contribution >= 0.6 is 0 Å². The number of nitrogens with one attached hydrogen (secondary N) is 1. The quantitative estimate of drug-likeness (QED) is 0.751. The second kappa shape index (κ2) is 4.01. The number of hydrogen-bond acceptors (Lipinski definition) is 2. The summed E-state index contributed by atoms with van der Waals surface area (Å²) in [5, 5.41) is 3.53. The zero-order chi connectivity index (χ0) is 9.97. The van der Waals surface area contributed by atoms with E-state index in [0.29, 0.717) is 12.1 Å². The Hall–Kier alpha value is -1.02. The first-order valence-corrected chi connectivity index (χ1v) is 5.35. The van der Waals surface area contributed by atoms with Crippen molar-refractivity contribution in [2.45, 2.75) is 38.3 Å². The predicted molar refractivity (Wildman–Crippen MR) is 60.4 cm³/mol. The van der Waals surface area contributed by atoms with Crippen LogP contribution in [0.1, 0.15) is 24.8 Å². The van der Waals surface area contributed by atoms with E-state index in [1.807, 2.05) is 0 Å². The van der Waals surface area contributed by atoms with Crippen molar-refractivity contribution in [1.29, 1.82) is 0 Å². The Bertz CT molecular complexity index is 309. The van der Waals surface area contributed by atoms with Crippen LogP contribution in [0.3, 0.4) is 0 Å². The lowest BCUT2D eigenvalue weighted by Gasteiger charge is -2.19. The van der Waals surface area contributed by atoms with Crippen molar-refractivity contribution in [2.75, 3.05) is 5.32 Å². The molecule has 1 fully saturated rings. The highest BCUT2D eigenvalue weighted by Crippen LogP contribution is 2.23. The topological polar surface area (TPSA) is 38.0 Å². The van der Waals surface area contributed by atoms with Gasteiger partial charge in [-0.25, -0.2) is 0 Å². The van der Waals surface area contributed by atoms with E-state index < -0.39 is 0 Å². The van der Waals surface area contributed by atoms with Crippen LogP contribution in [0, 0.1) is 6.92 Å². The van der Waals surface area contributed by atoms with Gasteiger partial charge in [-0.3, -0.25) is 0 Å². The van der Waals surface area contributed by atoms with Gasteiger partial charge in [0.1, 0.15) is 0 Å². The van der Waals surface area contributed by atoms with Crippen molar-refractivity contribution in [3.63, 3.8) is 0 Å². The Balaban J connectivity index is 2.07. The SMILES string of the molecule is Cc1ccccc1NC1CCCC1N. The van der Waals surface area contributed by atoms with Gasteiger partial charge in [0, 0.05) is 17.8 Å². The zero-order valence-electron chi connectivity index (χ0n) is 8.66. The van der Waals surface area contributed by atoms with Crippen LogP contribution in [-0.4, -0.2) is 12.1 Å². The molecule has 3 N–H and O–H groups in total. The first kappa shape index (κ1) is 9.53. The fourth-order valence-electron chi connectivity index (χ4n) is 2.10. The van der Waals surface area contributed by atoms with E-state index in [2.05, 4.69) is 36.5 Å². The third-order valence-corrected chi connectivity index (χ3v) is 3.06. The number of hydrogen-bond donors (Lipinski definition) is 2. The number of nitrogens with two attached hydrogens (primary N) is 1. The molecule has 0 radical (unpaired) electrons. The Morgan fingerprint density at radius 1 is 1.29 bits per heavy atom. The smallest absolute Gasteiger partial charge is 0.0412 e. The highest BCUT2D eigenvalue weighted by atomic mass is 15.0. The fraction of sp³-hybridized carbons (Fsp3) is 0.500. The molecule has 1 saturated carbocycles. The van der Waals surface area contributed by atoms with Crippen molar-refractivity contribution >= 4 is 5.69 Å². The van der Waals surface area contributed by atoms with Gasteiger partial charge < -0.3 is 11.1 Å². The molecule has 14 heavy (non-hydrogen) atoms. The van der Waals surface area contributed by atoms with Gasteiger partial charge in [-0.2, -0.15) is 0 Å². The van der Waals surface area contributed by atoms with E-state index in [1.165, 1.54) is 24.1 Å². The summed E-state index contributed by atoms with van der Waals surface area (Å²) in [6, 6.07) is 9.18. The maximum atomic E-state index is 6.01. The van der Waals surface area contributed by atoms with Crippen LogP contribution in [0.15, 0.2) is 24.3 Å². The molecule has 2 unspecified atom stereocenters. The minimum Gasteiger partial charge on any atom is -0.381 e. The summed E-state index contributed by atoms with van der Waals surface area (Å²) in [5.74, 6) is 0. The Morgan fingerprint density at radius 3 is 2.71 bits per heavy atom. The van der Waals surface area contributed by atoms with E-state index in [0.717, 1.165) is 6.42 Å². The molecule has 2 nitrogen and oxygen atoms in total. The maximum absolute atomic E-state index is 6.01. The molecule has 1 aromatic rings. The summed E-state index contributed by atoms with van der Waals surface area (Å²) >= 11 is 0. The lowest BCUT2D eigenvalue weighted by Crippen LogP contribution is -2.35. The average molecular weight is 190 g/mol. The van der Waals surface area contributed by atoms with E-state index in [1.54, 1.807) is 0 Å². The molecule has 0 aromatic heterocycles. The Labute approximate surface area is 85.5 Å². The van der Waals surface area contributed by atoms with Crippen molar-refractivity contribution in [3.8, 4) is 0 Å². The lowest BCUT2D eigenvalue weighted by atomic mass is 10.1. The molecule has 0 heterocycles. The molecule has 2 atom stereocenters. The molecule has 0 spiro atoms. The number of anilines is 1. The van der Waals surface area contributed by atoms with Crippen molar-refractivity contribution in [2.24, 2.45) is 5.73 Å². The predicted octanol–water partition coefficient (Wildman–Crippen LogP) is 2.29. The molecular formula is C12H18N2. The van der Waals surface area contributed by atoms with Crippen LogP contribution in [0.2, 0.25) is 0 Å². The van der Waals surface area contributed by atoms with E-state index in [4.69, 9.17) is 5.73 Å².